The Morgan fingerprint density at radius 3 is 2.64 bits per heavy atom. The number of hydrogen-bond donors (Lipinski definition) is 3. The molecule has 1 unspecified atom stereocenters. The van der Waals surface area contributed by atoms with Crippen molar-refractivity contribution in [3.8, 4) is 0 Å². The Balaban J connectivity index is 0.00000242. The number of nitrogens with one attached hydrogen (secondary N) is 3. The number of amides is 1. The molecule has 1 amide bonds. The van der Waals surface area contributed by atoms with Gasteiger partial charge < -0.3 is 10.6 Å². The van der Waals surface area contributed by atoms with Gasteiger partial charge in [-0.3, -0.25) is 4.79 Å². The molecule has 0 heterocycles. The van der Waals surface area contributed by atoms with E-state index in [1.54, 1.807) is 19.2 Å². The van der Waals surface area contributed by atoms with Crippen LogP contribution >= 0.6 is 12.4 Å². The van der Waals surface area contributed by atoms with Crippen LogP contribution in [0.5, 0.6) is 0 Å². The topological polar surface area (TPSA) is 87.3 Å². The van der Waals surface area contributed by atoms with E-state index in [1.165, 1.54) is 12.1 Å². The highest BCUT2D eigenvalue weighted by molar-refractivity contribution is 7.89. The Morgan fingerprint density at radius 1 is 1.36 bits per heavy atom. The van der Waals surface area contributed by atoms with Crippen LogP contribution in [0.4, 0.5) is 0 Å². The number of likely N-dealkylation sites (N-methyl/N-ethyl adjacent to an activating group) is 1. The monoisotopic (exact) mass is 347 g/mol. The van der Waals surface area contributed by atoms with Crippen molar-refractivity contribution in [2.45, 2.75) is 36.7 Å². The molecule has 1 aliphatic rings. The van der Waals surface area contributed by atoms with Gasteiger partial charge in [0.2, 0.25) is 10.0 Å². The maximum atomic E-state index is 12.2. The largest absolute Gasteiger partial charge is 0.349 e. The minimum absolute atomic E-state index is 0. The molecule has 2 rings (SSSR count). The maximum Gasteiger partial charge on any atom is 0.251 e. The number of rotatable bonds is 7. The summed E-state index contributed by atoms with van der Waals surface area (Å²) >= 11 is 0. The van der Waals surface area contributed by atoms with E-state index >= 15 is 0 Å². The molecule has 6 nitrogen and oxygen atoms in total. The van der Waals surface area contributed by atoms with Crippen molar-refractivity contribution in [1.29, 1.82) is 0 Å². The first-order chi connectivity index (χ1) is 9.92. The first-order valence-electron chi connectivity index (χ1n) is 7.00. The second-order valence-corrected chi connectivity index (χ2v) is 7.08. The highest BCUT2D eigenvalue weighted by Crippen LogP contribution is 2.20. The van der Waals surface area contributed by atoms with Crippen LogP contribution in [0.3, 0.4) is 0 Å². The van der Waals surface area contributed by atoms with Crippen LogP contribution in [0.25, 0.3) is 0 Å². The third-order valence-electron chi connectivity index (χ3n) is 3.39. The number of carbonyl (C=O) groups excluding carboxylic acids is 1. The van der Waals surface area contributed by atoms with Crippen LogP contribution in [-0.4, -0.2) is 40.0 Å². The van der Waals surface area contributed by atoms with Crippen molar-refractivity contribution in [2.24, 2.45) is 0 Å². The molecule has 3 N–H and O–H groups in total. The van der Waals surface area contributed by atoms with E-state index in [2.05, 4.69) is 15.4 Å². The van der Waals surface area contributed by atoms with E-state index in [4.69, 9.17) is 0 Å². The molecule has 124 valence electrons. The van der Waals surface area contributed by atoms with Crippen LogP contribution in [-0.2, 0) is 10.0 Å². The van der Waals surface area contributed by atoms with Crippen molar-refractivity contribution in [3.05, 3.63) is 29.8 Å². The molecule has 1 aliphatic carbocycles. The summed E-state index contributed by atoms with van der Waals surface area (Å²) in [6, 6.07) is 6.36. The zero-order chi connectivity index (χ0) is 15.5. The highest BCUT2D eigenvalue weighted by Gasteiger charge is 2.24. The Kier molecular flexibility index (Phi) is 6.80. The molecule has 1 aromatic carbocycles. The minimum atomic E-state index is -3.60. The molecule has 1 atom stereocenters. The second kappa shape index (κ2) is 7.92. The molecule has 1 aromatic rings. The first-order valence-corrected chi connectivity index (χ1v) is 8.48. The Labute approximate surface area is 137 Å². The fraction of sp³-hybridized carbons (Fsp3) is 0.500. The molecule has 8 heteroatoms. The summed E-state index contributed by atoms with van der Waals surface area (Å²) in [5.41, 5.74) is 0.367. The zero-order valence-electron chi connectivity index (χ0n) is 12.6. The third-order valence-corrected chi connectivity index (χ3v) is 4.81. The van der Waals surface area contributed by atoms with E-state index < -0.39 is 10.0 Å². The van der Waals surface area contributed by atoms with E-state index in [1.807, 2.05) is 6.92 Å². The van der Waals surface area contributed by atoms with Crippen molar-refractivity contribution >= 4 is 28.3 Å². The van der Waals surface area contributed by atoms with Crippen molar-refractivity contribution < 1.29 is 13.2 Å². The summed E-state index contributed by atoms with van der Waals surface area (Å²) in [6.07, 6.45) is 1.99. The second-order valence-electron chi connectivity index (χ2n) is 5.32. The van der Waals surface area contributed by atoms with Gasteiger partial charge in [-0.1, -0.05) is 6.07 Å². The van der Waals surface area contributed by atoms with Gasteiger partial charge in [-0.15, -0.1) is 12.4 Å². The SMILES string of the molecule is CNC(C)CNS(=O)(=O)c1cccc(C(=O)NC2CC2)c1.Cl. The fourth-order valence-electron chi connectivity index (χ4n) is 1.72. The predicted octanol–water partition coefficient (Wildman–Crippen LogP) is 0.887. The van der Waals surface area contributed by atoms with Gasteiger partial charge in [-0.05, 0) is 45.0 Å². The average Bonchev–Trinajstić information content (AvgIpc) is 3.29. The minimum Gasteiger partial charge on any atom is -0.349 e. The number of hydrogen-bond acceptors (Lipinski definition) is 4. The first kappa shape index (κ1) is 18.9. The van der Waals surface area contributed by atoms with Gasteiger partial charge >= 0.3 is 0 Å². The van der Waals surface area contributed by atoms with Crippen molar-refractivity contribution in [1.82, 2.24) is 15.4 Å². The molecule has 0 saturated heterocycles. The van der Waals surface area contributed by atoms with Gasteiger partial charge in [0.1, 0.15) is 0 Å². The molecule has 0 spiro atoms. The van der Waals surface area contributed by atoms with Crippen molar-refractivity contribution in [3.63, 3.8) is 0 Å². The average molecular weight is 348 g/mol. The highest BCUT2D eigenvalue weighted by atomic mass is 35.5. The van der Waals surface area contributed by atoms with Gasteiger partial charge in [0.05, 0.1) is 4.90 Å². The molecule has 0 aliphatic heterocycles. The number of benzene rings is 1. The van der Waals surface area contributed by atoms with Gasteiger partial charge in [-0.2, -0.15) is 0 Å². The Morgan fingerprint density at radius 2 is 2.05 bits per heavy atom. The smallest absolute Gasteiger partial charge is 0.251 e. The lowest BCUT2D eigenvalue weighted by Gasteiger charge is -2.12. The molecular formula is C14H22ClN3O3S. The van der Waals surface area contributed by atoms with E-state index in [0.717, 1.165) is 12.8 Å². The van der Waals surface area contributed by atoms with Crippen LogP contribution in [0, 0.1) is 0 Å². The summed E-state index contributed by atoms with van der Waals surface area (Å²) in [7, 11) is -1.84. The maximum absolute atomic E-state index is 12.2. The molecule has 1 fully saturated rings. The van der Waals surface area contributed by atoms with Gasteiger partial charge in [0, 0.05) is 24.2 Å². The Bertz CT molecular complexity index is 618. The van der Waals surface area contributed by atoms with E-state index in [9.17, 15) is 13.2 Å². The number of halogens is 1. The van der Waals surface area contributed by atoms with Crippen LogP contribution in [0.15, 0.2) is 29.2 Å². The normalized spacial score (nSPS) is 15.7. The van der Waals surface area contributed by atoms with Crippen molar-refractivity contribution in [2.75, 3.05) is 13.6 Å². The van der Waals surface area contributed by atoms with Gasteiger partial charge in [-0.25, -0.2) is 13.1 Å². The summed E-state index contributed by atoms with van der Waals surface area (Å²) < 4.78 is 26.9. The van der Waals surface area contributed by atoms with E-state index in [0.29, 0.717) is 5.56 Å². The number of sulfonamides is 1. The van der Waals surface area contributed by atoms with Crippen LogP contribution in [0.1, 0.15) is 30.1 Å². The summed E-state index contributed by atoms with van der Waals surface area (Å²) in [5, 5.41) is 5.80. The van der Waals surface area contributed by atoms with Crippen LogP contribution in [0.2, 0.25) is 0 Å². The number of carbonyl (C=O) groups is 1. The molecule has 0 aromatic heterocycles. The van der Waals surface area contributed by atoms with Crippen LogP contribution < -0.4 is 15.4 Å². The molecular weight excluding hydrogens is 326 g/mol. The van der Waals surface area contributed by atoms with Gasteiger partial charge in [0.25, 0.3) is 5.91 Å². The quantitative estimate of drug-likeness (QED) is 0.683. The molecule has 1 saturated carbocycles. The standard InChI is InChI=1S/C14H21N3O3S.ClH/c1-10(15-2)9-16-21(19,20)13-5-3-4-11(8-13)14(18)17-12-6-7-12;/h3-5,8,10,12,15-16H,6-7,9H2,1-2H3,(H,17,18);1H. The zero-order valence-corrected chi connectivity index (χ0v) is 14.3. The molecule has 0 radical (unpaired) electrons. The summed E-state index contributed by atoms with van der Waals surface area (Å²) in [6.45, 7) is 2.17. The Hall–Kier alpha value is -1.15. The van der Waals surface area contributed by atoms with E-state index in [-0.39, 0.29) is 41.8 Å². The lowest BCUT2D eigenvalue weighted by molar-refractivity contribution is 0.0951. The van der Waals surface area contributed by atoms with Gasteiger partial charge in [0.15, 0.2) is 0 Å². The summed E-state index contributed by atoms with van der Waals surface area (Å²) in [5.74, 6) is -0.224. The molecule has 22 heavy (non-hydrogen) atoms. The predicted molar refractivity (Wildman–Crippen MR) is 87.9 cm³/mol. The molecule has 0 bridgehead atoms. The fourth-order valence-corrected chi connectivity index (χ4v) is 2.90. The summed E-state index contributed by atoms with van der Waals surface area (Å²) in [4.78, 5) is 12.1. The lowest BCUT2D eigenvalue weighted by Crippen LogP contribution is -2.37. The lowest BCUT2D eigenvalue weighted by atomic mass is 10.2. The third kappa shape index (κ3) is 5.24.